The number of allylic oxidation sites excluding steroid dienone is 3. The van der Waals surface area contributed by atoms with Gasteiger partial charge in [0.25, 0.3) is 30.4 Å². The summed E-state index contributed by atoms with van der Waals surface area (Å²) in [5.41, 5.74) is 2.54. The lowest BCUT2D eigenvalue weighted by atomic mass is 9.77. The minimum atomic E-state index is -4.60. The Hall–Kier alpha value is -3.54. The van der Waals surface area contributed by atoms with E-state index in [1.165, 1.54) is 12.1 Å². The van der Waals surface area contributed by atoms with Gasteiger partial charge in [0.15, 0.2) is 0 Å². The highest BCUT2D eigenvalue weighted by atomic mass is 32.2. The summed E-state index contributed by atoms with van der Waals surface area (Å²) in [6, 6.07) is 12.2. The molecule has 3 aliphatic rings. The first-order chi connectivity index (χ1) is 30.1. The van der Waals surface area contributed by atoms with E-state index in [-0.39, 0.29) is 55.3 Å². The van der Waals surface area contributed by atoms with Gasteiger partial charge in [-0.1, -0.05) is 26.8 Å². The number of aliphatic hydroxyl groups is 1. The Morgan fingerprint density at radius 2 is 1.47 bits per heavy atom. The predicted molar refractivity (Wildman–Crippen MR) is 244 cm³/mol. The van der Waals surface area contributed by atoms with Crippen molar-refractivity contribution in [3.8, 4) is 11.3 Å². The molecule has 0 spiro atoms. The van der Waals surface area contributed by atoms with Crippen LogP contribution in [0.15, 0.2) is 69.6 Å². The zero-order valence-corrected chi connectivity index (χ0v) is 40.1. The second kappa shape index (κ2) is 23.8. The van der Waals surface area contributed by atoms with E-state index < -0.39 is 41.5 Å². The van der Waals surface area contributed by atoms with Gasteiger partial charge in [-0.2, -0.15) is 25.3 Å². The molecule has 0 bridgehead atoms. The van der Waals surface area contributed by atoms with E-state index in [9.17, 15) is 34.4 Å². The van der Waals surface area contributed by atoms with E-state index in [2.05, 4.69) is 29.5 Å². The van der Waals surface area contributed by atoms with Gasteiger partial charge >= 0.3 is 0 Å². The fraction of sp³-hybridized carbons (Fsp3) is 0.568. The van der Waals surface area contributed by atoms with Crippen molar-refractivity contribution < 1.29 is 67.0 Å². The third-order valence-electron chi connectivity index (χ3n) is 10.8. The summed E-state index contributed by atoms with van der Waals surface area (Å²) in [6.45, 7) is 14.1. The minimum Gasteiger partial charge on any atom is -0.456 e. The van der Waals surface area contributed by atoms with Crippen molar-refractivity contribution in [3.63, 3.8) is 0 Å². The topological polar surface area (TPSA) is 229 Å². The molecule has 0 radical (unpaired) electrons. The number of ether oxygens (including phenoxy) is 4. The van der Waals surface area contributed by atoms with Gasteiger partial charge in [0.05, 0.1) is 89.0 Å². The van der Waals surface area contributed by atoms with Crippen LogP contribution < -0.4 is 14.8 Å². The van der Waals surface area contributed by atoms with Crippen molar-refractivity contribution in [3.05, 3.63) is 82.6 Å². The Kier molecular flexibility index (Phi) is 19.7. The Bertz CT molecular complexity index is 2440. The molecule has 3 N–H and O–H groups in total. The molecule has 17 nitrogen and oxygen atoms in total. The maximum Gasteiger partial charge on any atom is 0.294 e. The molecular weight excluding hydrogens is 893 g/mol. The van der Waals surface area contributed by atoms with Gasteiger partial charge in [-0.3, -0.25) is 13.3 Å². The van der Waals surface area contributed by atoms with Crippen molar-refractivity contribution in [2.45, 2.75) is 69.6 Å². The molecule has 20 heteroatoms. The SMILES string of the molecule is CC[N+](CCCS(=O)(=O)OC)=c1ccc2c(C(C)(C)C)cc(C=CC=C3N(CCOCCOCCOCCOCCO)c4ccc(S(=O)(=O)O)cc4C3(C)CCCS(=O)(=O)O)oc-2c1. The smallest absolute Gasteiger partial charge is 0.294 e. The van der Waals surface area contributed by atoms with E-state index in [4.69, 9.17) is 28.5 Å². The third kappa shape index (κ3) is 15.5. The van der Waals surface area contributed by atoms with E-state index in [1.54, 1.807) is 6.07 Å². The highest BCUT2D eigenvalue weighted by molar-refractivity contribution is 7.86. The van der Waals surface area contributed by atoms with Gasteiger partial charge in [-0.05, 0) is 85.7 Å². The van der Waals surface area contributed by atoms with E-state index in [1.807, 2.05) is 61.2 Å². The number of anilines is 1. The molecule has 1 aromatic rings. The number of benzene rings is 2. The van der Waals surface area contributed by atoms with E-state index in [0.717, 1.165) is 23.6 Å². The lowest BCUT2D eigenvalue weighted by Gasteiger charge is -2.30. The van der Waals surface area contributed by atoms with Crippen LogP contribution in [0.1, 0.15) is 70.8 Å². The summed E-state index contributed by atoms with van der Waals surface area (Å²) >= 11 is 0. The molecule has 0 aromatic heterocycles. The van der Waals surface area contributed by atoms with Crippen molar-refractivity contribution in [1.29, 1.82) is 0 Å². The molecule has 1 aliphatic carbocycles. The summed E-state index contributed by atoms with van der Waals surface area (Å²) in [4.78, 5) is 1.65. The summed E-state index contributed by atoms with van der Waals surface area (Å²) < 4.78 is 127. The van der Waals surface area contributed by atoms with Crippen LogP contribution in [0.4, 0.5) is 5.69 Å². The summed E-state index contributed by atoms with van der Waals surface area (Å²) in [5, 5.41) is 9.63. The van der Waals surface area contributed by atoms with E-state index >= 15 is 0 Å². The highest BCUT2D eigenvalue weighted by Gasteiger charge is 2.44. The molecule has 0 amide bonds. The molecule has 64 heavy (non-hydrogen) atoms. The van der Waals surface area contributed by atoms with Crippen LogP contribution in [0.3, 0.4) is 0 Å². The molecule has 358 valence electrons. The number of fused-ring (bicyclic) bond motifs is 2. The minimum absolute atomic E-state index is 0.0429. The largest absolute Gasteiger partial charge is 0.456 e. The first-order valence-corrected chi connectivity index (χ1v) is 25.9. The van der Waals surface area contributed by atoms with Crippen LogP contribution in [-0.2, 0) is 64.3 Å². The molecule has 2 aliphatic heterocycles. The van der Waals surface area contributed by atoms with Crippen LogP contribution >= 0.6 is 0 Å². The fourth-order valence-electron chi connectivity index (χ4n) is 7.60. The summed E-state index contributed by atoms with van der Waals surface area (Å²) in [6.07, 6.45) is 6.09. The summed E-state index contributed by atoms with van der Waals surface area (Å²) in [5.74, 6) is 0.540. The van der Waals surface area contributed by atoms with Gasteiger partial charge in [0.1, 0.15) is 24.6 Å². The van der Waals surface area contributed by atoms with Crippen molar-refractivity contribution >= 4 is 42.1 Å². The molecular formula is C44H65N2O15S3+. The Morgan fingerprint density at radius 3 is 2.05 bits per heavy atom. The van der Waals surface area contributed by atoms with Gasteiger partial charge in [-0.15, -0.1) is 0 Å². The van der Waals surface area contributed by atoms with Gasteiger partial charge in [0.2, 0.25) is 5.36 Å². The second-order valence-corrected chi connectivity index (χ2v) is 21.3. The Balaban J connectivity index is 1.69. The lowest BCUT2D eigenvalue weighted by Crippen LogP contribution is -2.32. The van der Waals surface area contributed by atoms with Crippen molar-refractivity contribution in [1.82, 2.24) is 4.58 Å². The monoisotopic (exact) mass is 957 g/mol. The molecule has 0 saturated heterocycles. The Morgan fingerprint density at radius 1 is 0.828 bits per heavy atom. The molecule has 0 saturated carbocycles. The van der Waals surface area contributed by atoms with Crippen LogP contribution in [0.25, 0.3) is 17.4 Å². The molecule has 2 heterocycles. The molecule has 1 atom stereocenters. The first kappa shape index (κ1) is 53.1. The number of hydrogen-bond acceptors (Lipinski definition) is 14. The summed E-state index contributed by atoms with van der Waals surface area (Å²) in [7, 11) is -11.3. The van der Waals surface area contributed by atoms with Crippen LogP contribution in [0.5, 0.6) is 0 Å². The van der Waals surface area contributed by atoms with Crippen LogP contribution in [-0.4, -0.2) is 137 Å². The normalized spacial score (nSPS) is 17.3. The first-order valence-electron chi connectivity index (χ1n) is 21.2. The third-order valence-corrected chi connectivity index (χ3v) is 13.8. The van der Waals surface area contributed by atoms with Gasteiger partial charge in [0, 0.05) is 41.4 Å². The number of aliphatic hydroxyl groups excluding tert-OH is 1. The van der Waals surface area contributed by atoms with Crippen molar-refractivity contribution in [2.75, 3.05) is 103 Å². The van der Waals surface area contributed by atoms with Gasteiger partial charge in [-0.25, -0.2) is 4.58 Å². The molecule has 1 aromatic carbocycles. The molecule has 0 fully saturated rings. The maximum absolute atomic E-state index is 12.4. The van der Waals surface area contributed by atoms with Crippen molar-refractivity contribution in [2.24, 2.45) is 0 Å². The second-order valence-electron chi connectivity index (χ2n) is 16.5. The molecule has 4 rings (SSSR count). The number of nitrogens with zero attached hydrogens (tertiary/aromatic N) is 2. The standard InChI is InChI=1S/C44H64N2O15S3/c1-7-45(18-10-30-63(51,52)56-6)34-13-15-37-38(43(2,3)4)32-35(61-41(37)31-34)11-8-12-42-44(5,17-9-29-62(48,49)50)39-33-36(64(53,54)55)14-16-40(39)46(42)19-21-57-23-25-59-27-28-60-26-24-58-22-20-47/h8,11-16,31-33,47H,7,9-10,17-30H2,1-6H3,(H-,48,49,50,53,54,55)/p+1. The zero-order chi connectivity index (χ0) is 47.2. The highest BCUT2D eigenvalue weighted by Crippen LogP contribution is 2.51. The van der Waals surface area contributed by atoms with E-state index in [0.29, 0.717) is 87.6 Å². The van der Waals surface area contributed by atoms with Crippen LogP contribution in [0, 0.1) is 0 Å². The molecule has 1 unspecified atom stereocenters. The average molecular weight is 958 g/mol. The zero-order valence-electron chi connectivity index (χ0n) is 37.7. The lowest BCUT2D eigenvalue weighted by molar-refractivity contribution is -0.00484. The van der Waals surface area contributed by atoms with Gasteiger partial charge < -0.3 is 33.4 Å². The Labute approximate surface area is 378 Å². The number of rotatable bonds is 27. The maximum atomic E-state index is 12.4. The van der Waals surface area contributed by atoms with Crippen LogP contribution in [0.2, 0.25) is 0 Å². The quantitative estimate of drug-likeness (QED) is 0.0414. The number of hydrogen-bond donors (Lipinski definition) is 3. The fourth-order valence-corrected chi connectivity index (χ4v) is 9.26. The average Bonchev–Trinajstić information content (AvgIpc) is 3.45. The predicted octanol–water partition coefficient (Wildman–Crippen LogP) is 4.49.